The zero-order valence-corrected chi connectivity index (χ0v) is 8.19. The summed E-state index contributed by atoms with van der Waals surface area (Å²) in [4.78, 5) is 0. The van der Waals surface area contributed by atoms with Crippen LogP contribution in [0.1, 0.15) is 52.9 Å². The lowest BCUT2D eigenvalue weighted by Crippen LogP contribution is -2.14. The second-order valence-corrected chi connectivity index (χ2v) is 4.04. The molecule has 0 bridgehead atoms. The van der Waals surface area contributed by atoms with Gasteiger partial charge in [-0.15, -0.1) is 0 Å². The molecule has 0 aromatic carbocycles. The SMILES string of the molecule is CC1(C)CCCCC1.CCO. The predicted molar refractivity (Wildman–Crippen MR) is 49.6 cm³/mol. The molecular formula is C10H22O. The van der Waals surface area contributed by atoms with Crippen LogP contribution in [0.5, 0.6) is 0 Å². The van der Waals surface area contributed by atoms with Crippen molar-refractivity contribution in [2.24, 2.45) is 5.41 Å². The van der Waals surface area contributed by atoms with Gasteiger partial charge in [-0.2, -0.15) is 0 Å². The molecule has 0 amide bonds. The quantitative estimate of drug-likeness (QED) is 0.574. The average Bonchev–Trinajstić information content (AvgIpc) is 1.88. The first-order valence-corrected chi connectivity index (χ1v) is 4.73. The predicted octanol–water partition coefficient (Wildman–Crippen LogP) is 2.98. The van der Waals surface area contributed by atoms with Crippen LogP contribution in [0.25, 0.3) is 0 Å². The lowest BCUT2D eigenvalue weighted by Gasteiger charge is -2.28. The van der Waals surface area contributed by atoms with Gasteiger partial charge in [-0.1, -0.05) is 33.1 Å². The van der Waals surface area contributed by atoms with Crippen molar-refractivity contribution in [1.29, 1.82) is 0 Å². The molecule has 0 atom stereocenters. The van der Waals surface area contributed by atoms with Gasteiger partial charge in [-0.05, 0) is 25.2 Å². The van der Waals surface area contributed by atoms with Crippen LogP contribution in [0.4, 0.5) is 0 Å². The first-order valence-electron chi connectivity index (χ1n) is 4.73. The van der Waals surface area contributed by atoms with Crippen LogP contribution >= 0.6 is 0 Å². The fraction of sp³-hybridized carbons (Fsp3) is 1.00. The molecule has 1 aliphatic rings. The van der Waals surface area contributed by atoms with Crippen molar-refractivity contribution >= 4 is 0 Å². The standard InChI is InChI=1S/C8H16.C2H6O/c1-8(2)6-4-3-5-7-8;1-2-3/h3-7H2,1-2H3;3H,2H2,1H3. The zero-order valence-electron chi connectivity index (χ0n) is 8.19. The minimum atomic E-state index is 0.250. The van der Waals surface area contributed by atoms with Gasteiger partial charge >= 0.3 is 0 Å². The highest BCUT2D eigenvalue weighted by molar-refractivity contribution is 4.72. The molecule has 1 saturated carbocycles. The van der Waals surface area contributed by atoms with E-state index in [9.17, 15) is 0 Å². The molecule has 1 fully saturated rings. The summed E-state index contributed by atoms with van der Waals surface area (Å²) in [5.41, 5.74) is 0.679. The minimum absolute atomic E-state index is 0.250. The van der Waals surface area contributed by atoms with E-state index in [1.807, 2.05) is 0 Å². The molecule has 11 heavy (non-hydrogen) atoms. The van der Waals surface area contributed by atoms with Crippen molar-refractivity contribution in [1.82, 2.24) is 0 Å². The van der Waals surface area contributed by atoms with E-state index in [0.29, 0.717) is 5.41 Å². The Hall–Kier alpha value is -0.0400. The van der Waals surface area contributed by atoms with Crippen LogP contribution < -0.4 is 0 Å². The van der Waals surface area contributed by atoms with Crippen LogP contribution in [-0.2, 0) is 0 Å². The third-order valence-corrected chi connectivity index (χ3v) is 2.21. The van der Waals surface area contributed by atoms with Gasteiger partial charge in [-0.3, -0.25) is 0 Å². The van der Waals surface area contributed by atoms with E-state index in [0.717, 1.165) is 0 Å². The Morgan fingerprint density at radius 3 is 1.64 bits per heavy atom. The van der Waals surface area contributed by atoms with Crippen molar-refractivity contribution in [3.63, 3.8) is 0 Å². The third-order valence-electron chi connectivity index (χ3n) is 2.21. The summed E-state index contributed by atoms with van der Waals surface area (Å²) in [6.45, 7) is 6.69. The van der Waals surface area contributed by atoms with Crippen LogP contribution in [0.15, 0.2) is 0 Å². The molecule has 1 rings (SSSR count). The van der Waals surface area contributed by atoms with E-state index in [1.165, 1.54) is 32.1 Å². The molecule has 1 N–H and O–H groups in total. The number of rotatable bonds is 0. The van der Waals surface area contributed by atoms with E-state index < -0.39 is 0 Å². The summed E-state index contributed by atoms with van der Waals surface area (Å²) >= 11 is 0. The molecule has 0 heterocycles. The number of aliphatic hydroxyl groups is 1. The summed E-state index contributed by atoms with van der Waals surface area (Å²) in [5.74, 6) is 0. The number of hydrogen-bond donors (Lipinski definition) is 1. The molecular weight excluding hydrogens is 136 g/mol. The van der Waals surface area contributed by atoms with Crippen molar-refractivity contribution < 1.29 is 5.11 Å². The van der Waals surface area contributed by atoms with Gasteiger partial charge in [0.25, 0.3) is 0 Å². The normalized spacial score (nSPS) is 21.8. The first-order chi connectivity index (χ1) is 5.12. The summed E-state index contributed by atoms with van der Waals surface area (Å²) in [7, 11) is 0. The Labute approximate surface area is 70.8 Å². The van der Waals surface area contributed by atoms with Gasteiger partial charge in [0.1, 0.15) is 0 Å². The van der Waals surface area contributed by atoms with Crippen molar-refractivity contribution in [2.75, 3.05) is 6.61 Å². The zero-order chi connectivity index (χ0) is 8.74. The lowest BCUT2D eigenvalue weighted by molar-refractivity contribution is 0.244. The average molecular weight is 158 g/mol. The van der Waals surface area contributed by atoms with Crippen LogP contribution in [0.2, 0.25) is 0 Å². The van der Waals surface area contributed by atoms with Crippen molar-refractivity contribution in [2.45, 2.75) is 52.9 Å². The fourth-order valence-corrected chi connectivity index (χ4v) is 1.51. The maximum atomic E-state index is 7.57. The Bertz CT molecular complexity index is 78.9. The van der Waals surface area contributed by atoms with E-state index in [2.05, 4.69) is 13.8 Å². The molecule has 0 spiro atoms. The Morgan fingerprint density at radius 1 is 1.09 bits per heavy atom. The van der Waals surface area contributed by atoms with E-state index in [1.54, 1.807) is 6.92 Å². The van der Waals surface area contributed by atoms with Gasteiger partial charge < -0.3 is 5.11 Å². The maximum absolute atomic E-state index is 7.57. The molecule has 68 valence electrons. The van der Waals surface area contributed by atoms with E-state index in [-0.39, 0.29) is 6.61 Å². The molecule has 1 nitrogen and oxygen atoms in total. The monoisotopic (exact) mass is 158 g/mol. The van der Waals surface area contributed by atoms with Crippen molar-refractivity contribution in [3.05, 3.63) is 0 Å². The summed E-state index contributed by atoms with van der Waals surface area (Å²) < 4.78 is 0. The van der Waals surface area contributed by atoms with Gasteiger partial charge in [0.05, 0.1) is 0 Å². The molecule has 1 aliphatic carbocycles. The van der Waals surface area contributed by atoms with Crippen molar-refractivity contribution in [3.8, 4) is 0 Å². The highest BCUT2D eigenvalue weighted by Gasteiger charge is 2.19. The van der Waals surface area contributed by atoms with Gasteiger partial charge in [-0.25, -0.2) is 0 Å². The fourth-order valence-electron chi connectivity index (χ4n) is 1.51. The molecule has 0 radical (unpaired) electrons. The third kappa shape index (κ3) is 6.36. The molecule has 0 aliphatic heterocycles. The second kappa shape index (κ2) is 5.59. The Morgan fingerprint density at radius 2 is 1.45 bits per heavy atom. The molecule has 0 saturated heterocycles. The minimum Gasteiger partial charge on any atom is -0.397 e. The molecule has 0 aromatic rings. The maximum Gasteiger partial charge on any atom is 0.0402 e. The lowest BCUT2D eigenvalue weighted by atomic mass is 9.78. The Balaban J connectivity index is 0.000000292. The van der Waals surface area contributed by atoms with E-state index in [4.69, 9.17) is 5.11 Å². The highest BCUT2D eigenvalue weighted by Crippen LogP contribution is 2.34. The summed E-state index contributed by atoms with van der Waals surface area (Å²) in [6, 6.07) is 0. The largest absolute Gasteiger partial charge is 0.397 e. The van der Waals surface area contributed by atoms with Gasteiger partial charge in [0.15, 0.2) is 0 Å². The second-order valence-electron chi connectivity index (χ2n) is 4.04. The van der Waals surface area contributed by atoms with Gasteiger partial charge in [0, 0.05) is 6.61 Å². The highest BCUT2D eigenvalue weighted by atomic mass is 16.2. The summed E-state index contributed by atoms with van der Waals surface area (Å²) in [6.07, 6.45) is 7.31. The van der Waals surface area contributed by atoms with Crippen LogP contribution in [0, 0.1) is 5.41 Å². The summed E-state index contributed by atoms with van der Waals surface area (Å²) in [5, 5.41) is 7.57. The molecule has 1 heteroatoms. The topological polar surface area (TPSA) is 20.2 Å². The van der Waals surface area contributed by atoms with Crippen LogP contribution in [-0.4, -0.2) is 11.7 Å². The Kier molecular flexibility index (Phi) is 5.57. The molecule has 0 unspecified atom stereocenters. The van der Waals surface area contributed by atoms with E-state index >= 15 is 0 Å². The number of hydrogen-bond acceptors (Lipinski definition) is 1. The smallest absolute Gasteiger partial charge is 0.0402 e. The molecule has 0 aromatic heterocycles. The number of aliphatic hydroxyl groups excluding tert-OH is 1. The van der Waals surface area contributed by atoms with Crippen LogP contribution in [0.3, 0.4) is 0 Å². The van der Waals surface area contributed by atoms with Gasteiger partial charge in [0.2, 0.25) is 0 Å². The first kappa shape index (κ1) is 11.0.